The van der Waals surface area contributed by atoms with Gasteiger partial charge in [-0.2, -0.15) is 5.10 Å². The second kappa shape index (κ2) is 7.65. The number of imidazole rings is 1. The first-order valence-electron chi connectivity index (χ1n) is 11.7. The maximum absolute atomic E-state index is 13.2. The van der Waals surface area contributed by atoms with Gasteiger partial charge in [0.05, 0.1) is 36.0 Å². The summed E-state index contributed by atoms with van der Waals surface area (Å²) >= 11 is 3.67. The largest absolute Gasteiger partial charge is 0.379 e. The Kier molecular flexibility index (Phi) is 4.94. The molecule has 6 rings (SSSR count). The molecule has 3 heterocycles. The van der Waals surface area contributed by atoms with Gasteiger partial charge in [-0.1, -0.05) is 6.92 Å². The summed E-state index contributed by atoms with van der Waals surface area (Å²) in [5.74, 6) is 1.60. The predicted octanol–water partition coefficient (Wildman–Crippen LogP) is 3.52. The normalized spacial score (nSPS) is 25.5. The number of anilines is 1. The number of aromatic amines is 2. The zero-order valence-corrected chi connectivity index (χ0v) is 20.8. The molecule has 0 spiro atoms. The van der Waals surface area contributed by atoms with Gasteiger partial charge in [-0.15, -0.1) is 0 Å². The molecule has 1 aromatic carbocycles. The molecule has 3 aromatic rings. The van der Waals surface area contributed by atoms with Crippen molar-refractivity contribution in [2.45, 2.75) is 39.2 Å². The van der Waals surface area contributed by atoms with Crippen LogP contribution in [0.4, 0.5) is 5.69 Å². The van der Waals surface area contributed by atoms with Gasteiger partial charge in [0.15, 0.2) is 5.82 Å². The van der Waals surface area contributed by atoms with Crippen molar-refractivity contribution in [3.8, 4) is 11.5 Å². The lowest BCUT2D eigenvalue weighted by molar-refractivity contribution is -0.124. The molecule has 1 saturated heterocycles. The van der Waals surface area contributed by atoms with E-state index in [9.17, 15) is 4.79 Å². The maximum atomic E-state index is 13.2. The fourth-order valence-corrected chi connectivity index (χ4v) is 6.17. The van der Waals surface area contributed by atoms with E-state index in [0.29, 0.717) is 18.6 Å². The van der Waals surface area contributed by atoms with E-state index >= 15 is 0 Å². The van der Waals surface area contributed by atoms with Crippen molar-refractivity contribution >= 4 is 38.6 Å². The van der Waals surface area contributed by atoms with E-state index in [0.717, 1.165) is 64.6 Å². The van der Waals surface area contributed by atoms with Gasteiger partial charge >= 0.3 is 0 Å². The number of halogens is 1. The van der Waals surface area contributed by atoms with E-state index in [2.05, 4.69) is 42.9 Å². The molecule has 3 aliphatic rings. The Morgan fingerprint density at radius 3 is 2.94 bits per heavy atom. The van der Waals surface area contributed by atoms with E-state index in [4.69, 9.17) is 9.72 Å². The number of morpholine rings is 1. The van der Waals surface area contributed by atoms with Crippen molar-refractivity contribution in [1.29, 1.82) is 0 Å². The number of hydrogen-bond acceptors (Lipinski definition) is 5. The molecule has 33 heavy (non-hydrogen) atoms. The van der Waals surface area contributed by atoms with Crippen LogP contribution in [0.5, 0.6) is 0 Å². The lowest BCUT2D eigenvalue weighted by Gasteiger charge is -2.33. The maximum Gasteiger partial charge on any atom is 0.243 e. The Morgan fingerprint density at radius 1 is 1.36 bits per heavy atom. The van der Waals surface area contributed by atoms with Crippen molar-refractivity contribution in [1.82, 2.24) is 25.1 Å². The molecular weight excluding hydrogens is 484 g/mol. The highest BCUT2D eigenvalue weighted by Gasteiger charge is 2.53. The van der Waals surface area contributed by atoms with Crippen LogP contribution in [0.1, 0.15) is 31.5 Å². The summed E-state index contributed by atoms with van der Waals surface area (Å²) in [7, 11) is 1.83. The van der Waals surface area contributed by atoms with E-state index in [-0.39, 0.29) is 11.9 Å². The average molecular weight is 513 g/mol. The molecule has 1 aliphatic heterocycles. The first kappa shape index (κ1) is 21.3. The molecule has 1 amide bonds. The van der Waals surface area contributed by atoms with Gasteiger partial charge in [0.1, 0.15) is 5.69 Å². The van der Waals surface area contributed by atoms with E-state index < -0.39 is 0 Å². The summed E-state index contributed by atoms with van der Waals surface area (Å²) in [6.07, 6.45) is 3.44. The van der Waals surface area contributed by atoms with E-state index in [1.54, 1.807) is 4.90 Å². The number of aromatic nitrogens is 4. The average Bonchev–Trinajstić information content (AvgIpc) is 3.10. The van der Waals surface area contributed by atoms with E-state index in [1.165, 1.54) is 17.7 Å². The number of amides is 1. The quantitative estimate of drug-likeness (QED) is 0.558. The number of nitrogens with one attached hydrogen (secondary N) is 2. The molecule has 2 fully saturated rings. The van der Waals surface area contributed by atoms with Crippen molar-refractivity contribution in [3.05, 3.63) is 27.9 Å². The van der Waals surface area contributed by atoms with Gasteiger partial charge in [0, 0.05) is 35.9 Å². The molecule has 2 aliphatic carbocycles. The fourth-order valence-electron chi connectivity index (χ4n) is 5.56. The molecule has 8 nitrogen and oxygen atoms in total. The predicted molar refractivity (Wildman–Crippen MR) is 130 cm³/mol. The number of carbonyl (C=O) groups excluding carboxylic acids is 1. The minimum Gasteiger partial charge on any atom is -0.379 e. The standard InChI is InChI=1S/C24H29BrN6O2/c1-13(31-4-6-33-7-5-31)23(32)30(3)20-10-18-17(9-16(20)25)26-22(27-18)21-15-8-14-11-24(14,2)12-19(15)28-29-21/h9-10,13-14H,4-8,11-12H2,1-3H3,(H,26,27)(H,28,29)/t13?,14-,24-/m1/s1. The Morgan fingerprint density at radius 2 is 2.15 bits per heavy atom. The number of rotatable bonds is 4. The second-order valence-electron chi connectivity index (χ2n) is 10.1. The minimum absolute atomic E-state index is 0.0570. The number of ether oxygens (including phenoxy) is 1. The highest BCUT2D eigenvalue weighted by atomic mass is 79.9. The Balaban J connectivity index is 1.29. The van der Waals surface area contributed by atoms with Gasteiger partial charge in [-0.05, 0) is 65.6 Å². The topological polar surface area (TPSA) is 90.1 Å². The molecule has 1 saturated carbocycles. The number of fused-ring (bicyclic) bond motifs is 3. The van der Waals surface area contributed by atoms with Crippen molar-refractivity contribution in [2.75, 3.05) is 38.3 Å². The van der Waals surface area contributed by atoms with Crippen LogP contribution >= 0.6 is 15.9 Å². The third kappa shape index (κ3) is 3.52. The second-order valence-corrected chi connectivity index (χ2v) is 10.9. The van der Waals surface area contributed by atoms with Crippen molar-refractivity contribution in [3.63, 3.8) is 0 Å². The summed E-state index contributed by atoms with van der Waals surface area (Å²) in [6.45, 7) is 7.23. The molecule has 3 atom stereocenters. The Hall–Kier alpha value is -2.23. The van der Waals surface area contributed by atoms with Gasteiger partial charge in [0.25, 0.3) is 0 Å². The van der Waals surface area contributed by atoms with Crippen molar-refractivity contribution < 1.29 is 9.53 Å². The number of H-pyrrole nitrogens is 2. The van der Waals surface area contributed by atoms with Gasteiger partial charge in [-0.25, -0.2) is 4.98 Å². The van der Waals surface area contributed by atoms with Crippen LogP contribution < -0.4 is 4.90 Å². The van der Waals surface area contributed by atoms with Crippen LogP contribution in [0.25, 0.3) is 22.6 Å². The fraction of sp³-hybridized carbons (Fsp3) is 0.542. The third-order valence-corrected chi connectivity index (χ3v) is 8.57. The molecule has 9 heteroatoms. The summed E-state index contributed by atoms with van der Waals surface area (Å²) in [4.78, 5) is 25.4. The highest BCUT2D eigenvalue weighted by Crippen LogP contribution is 2.59. The summed E-state index contributed by atoms with van der Waals surface area (Å²) in [5, 5.41) is 7.89. The number of likely N-dealkylation sites (N-methyl/N-ethyl adjacent to an activating group) is 1. The highest BCUT2D eigenvalue weighted by molar-refractivity contribution is 9.10. The van der Waals surface area contributed by atoms with Crippen molar-refractivity contribution in [2.24, 2.45) is 11.3 Å². The monoisotopic (exact) mass is 512 g/mol. The van der Waals surface area contributed by atoms with Crippen LogP contribution in [0.2, 0.25) is 0 Å². The zero-order valence-electron chi connectivity index (χ0n) is 19.2. The van der Waals surface area contributed by atoms with Crippen LogP contribution in [0.15, 0.2) is 16.6 Å². The molecule has 2 N–H and O–H groups in total. The number of nitrogens with zero attached hydrogens (tertiary/aromatic N) is 4. The summed E-state index contributed by atoms with van der Waals surface area (Å²) in [6, 6.07) is 3.77. The lowest BCUT2D eigenvalue weighted by atomic mass is 9.88. The summed E-state index contributed by atoms with van der Waals surface area (Å²) < 4.78 is 6.28. The smallest absolute Gasteiger partial charge is 0.243 e. The van der Waals surface area contributed by atoms with Crippen LogP contribution in [-0.4, -0.2) is 70.4 Å². The molecule has 174 valence electrons. The Bertz CT molecular complexity index is 1250. The lowest BCUT2D eigenvalue weighted by Crippen LogP contribution is -2.50. The molecular formula is C24H29BrN6O2. The van der Waals surface area contributed by atoms with Crippen LogP contribution in [0.3, 0.4) is 0 Å². The van der Waals surface area contributed by atoms with Gasteiger partial charge < -0.3 is 14.6 Å². The Labute approximate surface area is 201 Å². The van der Waals surface area contributed by atoms with E-state index in [1.807, 2.05) is 26.1 Å². The molecule has 2 aromatic heterocycles. The SMILES string of the molecule is CC(C(=O)N(C)c1cc2nc(-c3n[nH]c4c3C[C@@H]3C[C@]3(C)C4)[nH]c2cc1Br)N1CCOCC1. The number of benzene rings is 1. The van der Waals surface area contributed by atoms with Crippen LogP contribution in [-0.2, 0) is 22.4 Å². The summed E-state index contributed by atoms with van der Waals surface area (Å²) in [5.41, 5.74) is 6.50. The first-order chi connectivity index (χ1) is 15.8. The van der Waals surface area contributed by atoms with Crippen LogP contribution in [0, 0.1) is 11.3 Å². The first-order valence-corrected chi connectivity index (χ1v) is 12.5. The molecule has 1 unspecified atom stereocenters. The van der Waals surface area contributed by atoms with Gasteiger partial charge in [0.2, 0.25) is 5.91 Å². The number of hydrogen-bond donors (Lipinski definition) is 2. The zero-order chi connectivity index (χ0) is 22.9. The molecule has 0 bridgehead atoms. The minimum atomic E-state index is -0.208. The molecule has 0 radical (unpaired) electrons. The third-order valence-electron chi connectivity index (χ3n) is 7.94. The number of carbonyl (C=O) groups is 1. The van der Waals surface area contributed by atoms with Gasteiger partial charge in [-0.3, -0.25) is 14.8 Å².